The van der Waals surface area contributed by atoms with Gasteiger partial charge in [-0.05, 0) is 31.0 Å². The minimum absolute atomic E-state index is 0.0462. The minimum Gasteiger partial charge on any atom is -0.494 e. The van der Waals surface area contributed by atoms with Crippen LogP contribution in [0.15, 0.2) is 29.6 Å². The number of nitrogens with one attached hydrogen (secondary N) is 1. The van der Waals surface area contributed by atoms with Gasteiger partial charge in [-0.3, -0.25) is 4.79 Å². The third-order valence-electron chi connectivity index (χ3n) is 3.39. The number of anilines is 1. The molecule has 27 heavy (non-hydrogen) atoms. The highest BCUT2D eigenvalue weighted by Crippen LogP contribution is 2.37. The summed E-state index contributed by atoms with van der Waals surface area (Å²) < 4.78 is 48.1. The summed E-state index contributed by atoms with van der Waals surface area (Å²) in [6.45, 7) is 4.16. The first kappa shape index (κ1) is 20.8. The van der Waals surface area contributed by atoms with Crippen molar-refractivity contribution in [1.82, 2.24) is 0 Å². The fraction of sp³-hybridized carbons (Fsp3) is 0.333. The SMILES string of the molecule is CCCOc1ccc(-c2csc(NC(=O)C(F)(F)F)c2C(=O)OCC)cc1. The van der Waals surface area contributed by atoms with Crippen LogP contribution in [0.1, 0.15) is 30.6 Å². The van der Waals surface area contributed by atoms with Crippen molar-refractivity contribution in [2.24, 2.45) is 0 Å². The Balaban J connectivity index is 2.38. The van der Waals surface area contributed by atoms with Gasteiger partial charge in [-0.25, -0.2) is 4.79 Å². The molecule has 0 radical (unpaired) electrons. The van der Waals surface area contributed by atoms with Crippen molar-refractivity contribution < 1.29 is 32.2 Å². The average molecular weight is 401 g/mol. The molecular weight excluding hydrogens is 383 g/mol. The van der Waals surface area contributed by atoms with Crippen LogP contribution >= 0.6 is 11.3 Å². The third-order valence-corrected chi connectivity index (χ3v) is 4.29. The highest BCUT2D eigenvalue weighted by Gasteiger charge is 2.40. The Hall–Kier alpha value is -2.55. The first-order valence-corrected chi connectivity index (χ1v) is 9.05. The van der Waals surface area contributed by atoms with Crippen LogP contribution in [0.2, 0.25) is 0 Å². The van der Waals surface area contributed by atoms with Crippen LogP contribution in [-0.2, 0) is 9.53 Å². The number of halogens is 3. The van der Waals surface area contributed by atoms with Crippen molar-refractivity contribution in [2.45, 2.75) is 26.4 Å². The van der Waals surface area contributed by atoms with Gasteiger partial charge < -0.3 is 14.8 Å². The molecule has 0 aliphatic carbocycles. The van der Waals surface area contributed by atoms with Gasteiger partial charge in [0.25, 0.3) is 0 Å². The van der Waals surface area contributed by atoms with Gasteiger partial charge in [-0.2, -0.15) is 13.2 Å². The van der Waals surface area contributed by atoms with Crippen LogP contribution in [0.25, 0.3) is 11.1 Å². The number of alkyl halides is 3. The smallest absolute Gasteiger partial charge is 0.471 e. The summed E-state index contributed by atoms with van der Waals surface area (Å²) in [6, 6.07) is 6.77. The topological polar surface area (TPSA) is 64.6 Å². The number of hydrogen-bond donors (Lipinski definition) is 1. The van der Waals surface area contributed by atoms with E-state index in [1.807, 2.05) is 6.92 Å². The normalized spacial score (nSPS) is 11.1. The summed E-state index contributed by atoms with van der Waals surface area (Å²) in [5, 5.41) is 3.04. The standard InChI is InChI=1S/C18H18F3NO4S/c1-3-9-26-12-7-5-11(6-8-12)13-10-27-15(14(13)16(23)25-4-2)22-17(24)18(19,20)21/h5-8,10H,3-4,9H2,1-2H3,(H,22,24). The van der Waals surface area contributed by atoms with E-state index in [9.17, 15) is 22.8 Å². The van der Waals surface area contributed by atoms with E-state index in [1.165, 1.54) is 5.38 Å². The van der Waals surface area contributed by atoms with Crippen molar-refractivity contribution in [1.29, 1.82) is 0 Å². The number of amides is 1. The van der Waals surface area contributed by atoms with Crippen molar-refractivity contribution in [3.05, 3.63) is 35.2 Å². The minimum atomic E-state index is -5.06. The lowest BCUT2D eigenvalue weighted by atomic mass is 10.0. The summed E-state index contributed by atoms with van der Waals surface area (Å²) in [5.74, 6) is -2.32. The fourth-order valence-electron chi connectivity index (χ4n) is 2.19. The molecule has 0 saturated heterocycles. The van der Waals surface area contributed by atoms with Crippen molar-refractivity contribution in [3.8, 4) is 16.9 Å². The molecule has 9 heteroatoms. The molecule has 5 nitrogen and oxygen atoms in total. The van der Waals surface area contributed by atoms with E-state index in [0.717, 1.165) is 17.8 Å². The Morgan fingerprint density at radius 3 is 2.37 bits per heavy atom. The molecule has 0 aliphatic heterocycles. The molecule has 0 saturated carbocycles. The predicted molar refractivity (Wildman–Crippen MR) is 96.2 cm³/mol. The number of esters is 1. The van der Waals surface area contributed by atoms with E-state index >= 15 is 0 Å². The molecule has 2 aromatic rings. The van der Waals surface area contributed by atoms with E-state index in [2.05, 4.69) is 0 Å². The van der Waals surface area contributed by atoms with Crippen molar-refractivity contribution >= 4 is 28.2 Å². The molecule has 1 aromatic carbocycles. The van der Waals surface area contributed by atoms with E-state index < -0.39 is 18.1 Å². The number of carbonyl (C=O) groups excluding carboxylic acids is 2. The summed E-state index contributed by atoms with van der Waals surface area (Å²) >= 11 is 0.824. The molecule has 1 heterocycles. The lowest BCUT2D eigenvalue weighted by molar-refractivity contribution is -0.167. The zero-order valence-electron chi connectivity index (χ0n) is 14.7. The molecule has 1 N–H and O–H groups in total. The maximum atomic E-state index is 12.6. The van der Waals surface area contributed by atoms with E-state index in [1.54, 1.807) is 36.5 Å². The Morgan fingerprint density at radius 1 is 1.15 bits per heavy atom. The number of ether oxygens (including phenoxy) is 2. The Morgan fingerprint density at radius 2 is 1.81 bits per heavy atom. The molecular formula is C18H18F3NO4S. The van der Waals surface area contributed by atoms with Gasteiger partial charge in [0.15, 0.2) is 0 Å². The molecule has 0 atom stereocenters. The van der Waals surface area contributed by atoms with Gasteiger partial charge >= 0.3 is 18.1 Å². The lowest BCUT2D eigenvalue weighted by Crippen LogP contribution is -2.30. The Labute approximate surface area is 158 Å². The first-order chi connectivity index (χ1) is 12.8. The number of thiophene rings is 1. The summed E-state index contributed by atoms with van der Waals surface area (Å²) in [4.78, 5) is 23.5. The van der Waals surface area contributed by atoms with Crippen molar-refractivity contribution in [2.75, 3.05) is 18.5 Å². The number of carbonyl (C=O) groups is 2. The number of hydrogen-bond acceptors (Lipinski definition) is 5. The third kappa shape index (κ3) is 5.22. The van der Waals surface area contributed by atoms with Gasteiger partial charge in [0.1, 0.15) is 16.3 Å². The van der Waals surface area contributed by atoms with Crippen LogP contribution in [0.5, 0.6) is 5.75 Å². The number of rotatable bonds is 7. The second-order valence-corrected chi connectivity index (χ2v) is 6.28. The van der Waals surface area contributed by atoms with Crippen LogP contribution in [-0.4, -0.2) is 31.3 Å². The van der Waals surface area contributed by atoms with Crippen LogP contribution in [0.4, 0.5) is 18.2 Å². The highest BCUT2D eigenvalue weighted by atomic mass is 32.1. The van der Waals surface area contributed by atoms with E-state index in [4.69, 9.17) is 9.47 Å². The van der Waals surface area contributed by atoms with Gasteiger partial charge in [-0.1, -0.05) is 19.1 Å². The van der Waals surface area contributed by atoms with Crippen LogP contribution in [0.3, 0.4) is 0 Å². The molecule has 146 valence electrons. The van der Waals surface area contributed by atoms with Gasteiger partial charge in [-0.15, -0.1) is 11.3 Å². The maximum absolute atomic E-state index is 12.6. The second-order valence-electron chi connectivity index (χ2n) is 5.40. The zero-order chi connectivity index (χ0) is 20.0. The quantitative estimate of drug-likeness (QED) is 0.672. The average Bonchev–Trinajstić information content (AvgIpc) is 3.03. The van der Waals surface area contributed by atoms with Crippen LogP contribution in [0, 0.1) is 0 Å². The van der Waals surface area contributed by atoms with E-state index in [-0.39, 0.29) is 17.2 Å². The summed E-state index contributed by atoms with van der Waals surface area (Å²) in [6.07, 6.45) is -4.21. The Bertz CT molecular complexity index is 800. The maximum Gasteiger partial charge on any atom is 0.471 e. The highest BCUT2D eigenvalue weighted by molar-refractivity contribution is 7.15. The zero-order valence-corrected chi connectivity index (χ0v) is 15.5. The molecule has 0 fully saturated rings. The Kier molecular flexibility index (Phi) is 6.84. The largest absolute Gasteiger partial charge is 0.494 e. The molecule has 1 amide bonds. The van der Waals surface area contributed by atoms with E-state index in [0.29, 0.717) is 23.5 Å². The molecule has 2 rings (SSSR count). The summed E-state index contributed by atoms with van der Waals surface area (Å²) in [5.41, 5.74) is 0.852. The van der Waals surface area contributed by atoms with Gasteiger partial charge in [0.05, 0.1) is 13.2 Å². The van der Waals surface area contributed by atoms with Crippen molar-refractivity contribution in [3.63, 3.8) is 0 Å². The van der Waals surface area contributed by atoms with Gasteiger partial charge in [0.2, 0.25) is 0 Å². The van der Waals surface area contributed by atoms with Crippen LogP contribution < -0.4 is 10.1 Å². The molecule has 1 aromatic heterocycles. The lowest BCUT2D eigenvalue weighted by Gasteiger charge is -2.10. The molecule has 0 bridgehead atoms. The molecule has 0 aliphatic rings. The summed E-state index contributed by atoms with van der Waals surface area (Å²) in [7, 11) is 0. The number of benzene rings is 1. The van der Waals surface area contributed by atoms with Gasteiger partial charge in [0, 0.05) is 10.9 Å². The second kappa shape index (κ2) is 8.90. The molecule has 0 spiro atoms. The fourth-order valence-corrected chi connectivity index (χ4v) is 3.15. The monoisotopic (exact) mass is 401 g/mol. The molecule has 0 unspecified atom stereocenters. The predicted octanol–water partition coefficient (Wildman–Crippen LogP) is 4.88. The first-order valence-electron chi connectivity index (χ1n) is 8.17.